The Labute approximate surface area is 185 Å². The molecular weight excluding hydrogens is 394 g/mol. The second-order valence-electron chi connectivity index (χ2n) is 7.12. The van der Waals surface area contributed by atoms with Gasteiger partial charge in [-0.05, 0) is 80.1 Å². The van der Waals surface area contributed by atoms with Crippen molar-refractivity contribution in [2.45, 2.75) is 40.0 Å². The van der Waals surface area contributed by atoms with Crippen LogP contribution in [0.1, 0.15) is 49.5 Å². The lowest BCUT2D eigenvalue weighted by molar-refractivity contribution is 0.0466. The number of hydrogen-bond acceptors (Lipinski definition) is 4. The monoisotopic (exact) mass is 427 g/mol. The van der Waals surface area contributed by atoms with Gasteiger partial charge in [-0.1, -0.05) is 39.3 Å². The second-order valence-corrected chi connectivity index (χ2v) is 7.53. The van der Waals surface area contributed by atoms with Gasteiger partial charge in [-0.3, -0.25) is 0 Å². The molecule has 2 rings (SSSR count). The van der Waals surface area contributed by atoms with Crippen LogP contribution in [-0.2, 0) is 11.2 Å². The van der Waals surface area contributed by atoms with E-state index in [-0.39, 0.29) is 5.97 Å². The molecule has 0 amide bonds. The Morgan fingerprint density at radius 1 is 0.933 bits per heavy atom. The average Bonchev–Trinajstić information content (AvgIpc) is 2.76. The standard InChI is InChI=1S/C24H33N3O2S/c1-4-7-8-19-9-13-21(14-10-19)25-24(30)26-22-15-11-20(12-16-22)23(28)29-18-17-27(5-2)6-3/h9-16H,4-8,17-18H2,1-3H3,(H2,25,26,30). The molecule has 0 saturated carbocycles. The van der Waals surface area contributed by atoms with Crippen molar-refractivity contribution in [1.29, 1.82) is 0 Å². The molecule has 0 atom stereocenters. The van der Waals surface area contributed by atoms with Gasteiger partial charge in [-0.2, -0.15) is 0 Å². The number of nitrogens with one attached hydrogen (secondary N) is 2. The first kappa shape index (κ1) is 23.8. The lowest BCUT2D eigenvalue weighted by atomic mass is 10.1. The maximum Gasteiger partial charge on any atom is 0.338 e. The zero-order chi connectivity index (χ0) is 21.8. The Kier molecular flexibility index (Phi) is 10.3. The summed E-state index contributed by atoms with van der Waals surface area (Å²) in [4.78, 5) is 14.4. The van der Waals surface area contributed by atoms with Gasteiger partial charge in [0.1, 0.15) is 6.61 Å². The largest absolute Gasteiger partial charge is 0.461 e. The molecule has 0 aliphatic rings. The predicted octanol–water partition coefficient (Wildman–Crippen LogP) is 5.34. The summed E-state index contributed by atoms with van der Waals surface area (Å²) in [6, 6.07) is 15.5. The second kappa shape index (κ2) is 13.0. The van der Waals surface area contributed by atoms with E-state index in [1.165, 1.54) is 18.4 Å². The molecule has 0 radical (unpaired) electrons. The Morgan fingerprint density at radius 3 is 2.03 bits per heavy atom. The smallest absolute Gasteiger partial charge is 0.338 e. The summed E-state index contributed by atoms with van der Waals surface area (Å²) < 4.78 is 5.36. The van der Waals surface area contributed by atoms with E-state index < -0.39 is 0 Å². The van der Waals surface area contributed by atoms with E-state index in [0.717, 1.165) is 37.4 Å². The van der Waals surface area contributed by atoms with Gasteiger partial charge >= 0.3 is 5.97 Å². The lowest BCUT2D eigenvalue weighted by Gasteiger charge is -2.17. The molecule has 6 heteroatoms. The average molecular weight is 428 g/mol. The molecule has 0 bridgehead atoms. The molecule has 0 spiro atoms. The van der Waals surface area contributed by atoms with Crippen molar-refractivity contribution in [1.82, 2.24) is 4.90 Å². The Bertz CT molecular complexity index is 787. The van der Waals surface area contributed by atoms with Crippen LogP contribution in [0, 0.1) is 0 Å². The summed E-state index contributed by atoms with van der Waals surface area (Å²) in [7, 11) is 0. The molecule has 2 aromatic carbocycles. The van der Waals surface area contributed by atoms with Gasteiger partial charge in [0.2, 0.25) is 0 Å². The van der Waals surface area contributed by atoms with Crippen LogP contribution < -0.4 is 10.6 Å². The number of carbonyl (C=O) groups excluding carboxylic acids is 1. The molecule has 0 aromatic heterocycles. The Balaban J connectivity index is 1.80. The highest BCUT2D eigenvalue weighted by atomic mass is 32.1. The number of hydrogen-bond donors (Lipinski definition) is 2. The van der Waals surface area contributed by atoms with Crippen LogP contribution in [0.25, 0.3) is 0 Å². The van der Waals surface area contributed by atoms with E-state index in [1.807, 2.05) is 24.3 Å². The normalized spacial score (nSPS) is 10.7. The number of likely N-dealkylation sites (N-methyl/N-ethyl adjacent to an activating group) is 1. The number of unbranched alkanes of at least 4 members (excludes halogenated alkanes) is 1. The van der Waals surface area contributed by atoms with Crippen LogP contribution in [0.4, 0.5) is 11.4 Å². The lowest BCUT2D eigenvalue weighted by Crippen LogP contribution is -2.27. The van der Waals surface area contributed by atoms with Crippen LogP contribution in [0.2, 0.25) is 0 Å². The molecule has 0 saturated heterocycles. The van der Waals surface area contributed by atoms with Crippen molar-refractivity contribution in [3.63, 3.8) is 0 Å². The fourth-order valence-electron chi connectivity index (χ4n) is 3.01. The molecule has 0 aliphatic heterocycles. The van der Waals surface area contributed by atoms with Crippen molar-refractivity contribution in [3.05, 3.63) is 59.7 Å². The van der Waals surface area contributed by atoms with Gasteiger partial charge in [0.05, 0.1) is 5.56 Å². The summed E-state index contributed by atoms with van der Waals surface area (Å²) >= 11 is 5.39. The molecular formula is C24H33N3O2S. The third kappa shape index (κ3) is 8.13. The number of esters is 1. The number of benzene rings is 2. The Hall–Kier alpha value is -2.44. The minimum atomic E-state index is -0.308. The topological polar surface area (TPSA) is 53.6 Å². The molecule has 0 heterocycles. The maximum atomic E-state index is 12.2. The van der Waals surface area contributed by atoms with E-state index in [2.05, 4.69) is 48.4 Å². The van der Waals surface area contributed by atoms with Crippen LogP contribution in [0.15, 0.2) is 48.5 Å². The fraction of sp³-hybridized carbons (Fsp3) is 0.417. The van der Waals surface area contributed by atoms with E-state index in [9.17, 15) is 4.79 Å². The first-order valence-corrected chi connectivity index (χ1v) is 11.1. The van der Waals surface area contributed by atoms with Gasteiger partial charge in [0, 0.05) is 17.9 Å². The number of thiocarbonyl (C=S) groups is 1. The molecule has 0 aliphatic carbocycles. The highest BCUT2D eigenvalue weighted by molar-refractivity contribution is 7.80. The minimum Gasteiger partial charge on any atom is -0.461 e. The third-order valence-corrected chi connectivity index (χ3v) is 5.15. The van der Waals surface area contributed by atoms with Crippen molar-refractivity contribution in [3.8, 4) is 0 Å². The van der Waals surface area contributed by atoms with Crippen molar-refractivity contribution < 1.29 is 9.53 Å². The van der Waals surface area contributed by atoms with Crippen molar-refractivity contribution in [2.24, 2.45) is 0 Å². The van der Waals surface area contributed by atoms with Crippen LogP contribution in [0.3, 0.4) is 0 Å². The van der Waals surface area contributed by atoms with Gasteiger partial charge in [0.25, 0.3) is 0 Å². The third-order valence-electron chi connectivity index (χ3n) is 4.94. The molecule has 0 unspecified atom stereocenters. The summed E-state index contributed by atoms with van der Waals surface area (Å²) in [6.45, 7) is 9.43. The van der Waals surface area contributed by atoms with Gasteiger partial charge in [0.15, 0.2) is 5.11 Å². The molecule has 5 nitrogen and oxygen atoms in total. The highest BCUT2D eigenvalue weighted by Crippen LogP contribution is 2.14. The van der Waals surface area contributed by atoms with Crippen molar-refractivity contribution >= 4 is 34.7 Å². The number of carbonyl (C=O) groups is 1. The molecule has 162 valence electrons. The maximum absolute atomic E-state index is 12.2. The summed E-state index contributed by atoms with van der Waals surface area (Å²) in [5.74, 6) is -0.308. The van der Waals surface area contributed by atoms with Crippen LogP contribution in [0.5, 0.6) is 0 Å². The summed E-state index contributed by atoms with van der Waals surface area (Å²) in [5.41, 5.74) is 3.62. The highest BCUT2D eigenvalue weighted by Gasteiger charge is 2.08. The molecule has 2 aromatic rings. The number of rotatable bonds is 11. The van der Waals surface area contributed by atoms with Crippen molar-refractivity contribution in [2.75, 3.05) is 36.9 Å². The van der Waals surface area contributed by atoms with Crippen LogP contribution in [-0.4, -0.2) is 42.2 Å². The minimum absolute atomic E-state index is 0.308. The van der Waals surface area contributed by atoms with E-state index >= 15 is 0 Å². The summed E-state index contributed by atoms with van der Waals surface area (Å²) in [5, 5.41) is 6.83. The number of aryl methyl sites for hydroxylation is 1. The summed E-state index contributed by atoms with van der Waals surface area (Å²) in [6.07, 6.45) is 3.50. The molecule has 30 heavy (non-hydrogen) atoms. The van der Waals surface area contributed by atoms with Crippen LogP contribution >= 0.6 is 12.2 Å². The zero-order valence-corrected chi connectivity index (χ0v) is 19.1. The predicted molar refractivity (Wildman–Crippen MR) is 129 cm³/mol. The van der Waals surface area contributed by atoms with Gasteiger partial charge < -0.3 is 20.3 Å². The molecule has 0 fully saturated rings. The fourth-order valence-corrected chi connectivity index (χ4v) is 3.25. The first-order valence-electron chi connectivity index (χ1n) is 10.7. The number of anilines is 2. The van der Waals surface area contributed by atoms with E-state index in [4.69, 9.17) is 17.0 Å². The van der Waals surface area contributed by atoms with E-state index in [0.29, 0.717) is 17.3 Å². The quantitative estimate of drug-likeness (QED) is 0.373. The van der Waals surface area contributed by atoms with E-state index in [1.54, 1.807) is 12.1 Å². The van der Waals surface area contributed by atoms with Gasteiger partial charge in [-0.25, -0.2) is 4.79 Å². The SMILES string of the molecule is CCCCc1ccc(NC(=S)Nc2ccc(C(=O)OCCN(CC)CC)cc2)cc1. The first-order chi connectivity index (χ1) is 14.5. The number of nitrogens with zero attached hydrogens (tertiary/aromatic N) is 1. The molecule has 2 N–H and O–H groups in total. The Morgan fingerprint density at radius 2 is 1.50 bits per heavy atom. The zero-order valence-electron chi connectivity index (χ0n) is 18.2. The van der Waals surface area contributed by atoms with Gasteiger partial charge in [-0.15, -0.1) is 0 Å². The number of ether oxygens (including phenoxy) is 1.